The van der Waals surface area contributed by atoms with Gasteiger partial charge in [0.1, 0.15) is 13.2 Å². The predicted octanol–water partition coefficient (Wildman–Crippen LogP) is -0.882. The van der Waals surface area contributed by atoms with Crippen LogP contribution < -0.4 is 0 Å². The van der Waals surface area contributed by atoms with Crippen molar-refractivity contribution in [1.29, 1.82) is 0 Å². The predicted molar refractivity (Wildman–Crippen MR) is 44.7 cm³/mol. The normalized spacial score (nSPS) is 9.60. The molecule has 0 spiro atoms. The lowest BCUT2D eigenvalue weighted by atomic mass is 10.4. The molecule has 0 saturated carbocycles. The lowest BCUT2D eigenvalue weighted by molar-refractivity contribution is -0.160. The standard InChI is InChI=1S/C9H8O6/c1-6(10)13-4-9(15-8(3)12)5-14-7(2)11/h1-3,9H,4-5H2. The first-order valence-electron chi connectivity index (χ1n) is 3.72. The zero-order valence-electron chi connectivity index (χ0n) is 7.67. The Hall–Kier alpha value is -1.59. The molecule has 80 valence electrons. The third-order valence-corrected chi connectivity index (χ3v) is 1.11. The van der Waals surface area contributed by atoms with Gasteiger partial charge in [0.2, 0.25) is 0 Å². The van der Waals surface area contributed by atoms with E-state index in [2.05, 4.69) is 28.1 Å². The molecule has 0 aromatic heterocycles. The van der Waals surface area contributed by atoms with Gasteiger partial charge < -0.3 is 14.2 Å². The second kappa shape index (κ2) is 6.80. The highest BCUT2D eigenvalue weighted by Gasteiger charge is 2.15. The zero-order valence-corrected chi connectivity index (χ0v) is 7.67. The Bertz CT molecular complexity index is 229. The maximum atomic E-state index is 10.4. The van der Waals surface area contributed by atoms with Crippen molar-refractivity contribution < 1.29 is 28.6 Å². The van der Waals surface area contributed by atoms with Crippen LogP contribution in [0.2, 0.25) is 0 Å². The first kappa shape index (κ1) is 13.4. The molecule has 0 unspecified atom stereocenters. The molecular formula is C9H8O6. The Labute approximate surface area is 87.5 Å². The van der Waals surface area contributed by atoms with Crippen LogP contribution in [0.1, 0.15) is 0 Å². The van der Waals surface area contributed by atoms with Gasteiger partial charge in [0.25, 0.3) is 0 Å². The van der Waals surface area contributed by atoms with Gasteiger partial charge in [-0.3, -0.25) is 14.4 Å². The monoisotopic (exact) mass is 212 g/mol. The molecule has 0 atom stereocenters. The fourth-order valence-corrected chi connectivity index (χ4v) is 0.631. The summed E-state index contributed by atoms with van der Waals surface area (Å²) < 4.78 is 13.0. The fraction of sp³-hybridized carbons (Fsp3) is 0.333. The molecule has 0 bridgehead atoms. The number of carbonyl (C=O) groups excluding carboxylic acids is 3. The maximum Gasteiger partial charge on any atom is 0.311 e. The average Bonchev–Trinajstić information content (AvgIpc) is 2.08. The van der Waals surface area contributed by atoms with Gasteiger partial charge >= 0.3 is 17.9 Å². The van der Waals surface area contributed by atoms with Crippen LogP contribution >= 0.6 is 0 Å². The van der Waals surface area contributed by atoms with E-state index in [1.807, 2.05) is 0 Å². The number of hydrogen-bond acceptors (Lipinski definition) is 6. The van der Waals surface area contributed by atoms with E-state index in [0.717, 1.165) is 0 Å². The zero-order chi connectivity index (χ0) is 11.8. The number of ether oxygens (including phenoxy) is 3. The Kier molecular flexibility index (Phi) is 6.08. The second-order valence-electron chi connectivity index (χ2n) is 2.32. The summed E-state index contributed by atoms with van der Waals surface area (Å²) in [5.74, 6) is -3.24. The minimum atomic E-state index is -1.11. The number of rotatable bonds is 5. The molecule has 0 aliphatic rings. The molecule has 0 N–H and O–H groups in total. The van der Waals surface area contributed by atoms with E-state index in [0.29, 0.717) is 0 Å². The van der Waals surface area contributed by atoms with Crippen molar-refractivity contribution in [3.8, 4) is 0 Å². The van der Waals surface area contributed by atoms with Crippen molar-refractivity contribution in [1.82, 2.24) is 0 Å². The lowest BCUT2D eigenvalue weighted by Gasteiger charge is -2.15. The number of hydrogen-bond donors (Lipinski definition) is 0. The molecule has 0 aliphatic carbocycles. The number of esters is 3. The van der Waals surface area contributed by atoms with Crippen LogP contribution in [0.5, 0.6) is 0 Å². The lowest BCUT2D eigenvalue weighted by Crippen LogP contribution is -2.29. The Morgan fingerprint density at radius 2 is 1.27 bits per heavy atom. The third-order valence-electron chi connectivity index (χ3n) is 1.11. The highest BCUT2D eigenvalue weighted by molar-refractivity contribution is 5.75. The van der Waals surface area contributed by atoms with E-state index in [1.54, 1.807) is 0 Å². The van der Waals surface area contributed by atoms with Crippen LogP contribution in [-0.2, 0) is 28.6 Å². The van der Waals surface area contributed by atoms with Crippen LogP contribution in [0.4, 0.5) is 0 Å². The van der Waals surface area contributed by atoms with Gasteiger partial charge in [0, 0.05) is 0 Å². The maximum absolute atomic E-state index is 10.4. The summed E-state index contributed by atoms with van der Waals surface area (Å²) in [7, 11) is 0. The molecule has 6 nitrogen and oxygen atoms in total. The van der Waals surface area contributed by atoms with E-state index in [1.165, 1.54) is 0 Å². The molecule has 6 radical (unpaired) electrons. The van der Waals surface area contributed by atoms with Crippen molar-refractivity contribution >= 4 is 17.9 Å². The van der Waals surface area contributed by atoms with Gasteiger partial charge in [0.15, 0.2) is 6.10 Å². The second-order valence-corrected chi connectivity index (χ2v) is 2.32. The molecule has 6 heteroatoms. The van der Waals surface area contributed by atoms with E-state index in [9.17, 15) is 14.4 Å². The molecule has 0 saturated heterocycles. The van der Waals surface area contributed by atoms with Gasteiger partial charge in [-0.1, -0.05) is 0 Å². The third kappa shape index (κ3) is 8.73. The minimum Gasteiger partial charge on any atom is -0.461 e. The first-order chi connectivity index (χ1) is 6.91. The molecule has 0 aromatic carbocycles. The average molecular weight is 212 g/mol. The summed E-state index contributed by atoms with van der Waals surface area (Å²) in [5.41, 5.74) is 0. The van der Waals surface area contributed by atoms with Gasteiger partial charge in [-0.05, 0) is 0 Å². The quantitative estimate of drug-likeness (QED) is 0.435. The van der Waals surface area contributed by atoms with Crippen LogP contribution in [0.3, 0.4) is 0 Å². The minimum absolute atomic E-state index is 0.383. The van der Waals surface area contributed by atoms with Gasteiger partial charge in [0.05, 0.1) is 20.8 Å². The number of carbonyl (C=O) groups is 3. The molecule has 0 amide bonds. The highest BCUT2D eigenvalue weighted by Crippen LogP contribution is 1.96. The van der Waals surface area contributed by atoms with Gasteiger partial charge in [-0.15, -0.1) is 0 Å². The van der Waals surface area contributed by atoms with Crippen LogP contribution in [0.15, 0.2) is 0 Å². The molecule has 0 rings (SSSR count). The first-order valence-corrected chi connectivity index (χ1v) is 3.72. The van der Waals surface area contributed by atoms with E-state index in [4.69, 9.17) is 6.92 Å². The van der Waals surface area contributed by atoms with Crippen molar-refractivity contribution in [2.45, 2.75) is 6.10 Å². The molecule has 0 heterocycles. The van der Waals surface area contributed by atoms with Crippen LogP contribution in [-0.4, -0.2) is 37.2 Å². The summed E-state index contributed by atoms with van der Waals surface area (Å²) >= 11 is 0. The molecule has 0 fully saturated rings. The van der Waals surface area contributed by atoms with Gasteiger partial charge in [-0.25, -0.2) is 0 Å². The SMILES string of the molecule is [CH]C(=O)OCC(COC([CH])=O)OC([CH])=O. The van der Waals surface area contributed by atoms with E-state index >= 15 is 0 Å². The van der Waals surface area contributed by atoms with Crippen molar-refractivity contribution in [3.63, 3.8) is 0 Å². The van der Waals surface area contributed by atoms with Crippen molar-refractivity contribution in [3.05, 3.63) is 20.8 Å². The summed E-state index contributed by atoms with van der Waals surface area (Å²) in [5, 5.41) is 0. The largest absolute Gasteiger partial charge is 0.461 e. The summed E-state index contributed by atoms with van der Waals surface area (Å²) in [4.78, 5) is 30.8. The summed E-state index contributed by atoms with van der Waals surface area (Å²) in [6.45, 7) is 13.3. The molecular weight excluding hydrogens is 204 g/mol. The highest BCUT2D eigenvalue weighted by atomic mass is 16.6. The van der Waals surface area contributed by atoms with Crippen LogP contribution in [0, 0.1) is 20.8 Å². The molecule has 0 aliphatic heterocycles. The Balaban J connectivity index is 3.99. The van der Waals surface area contributed by atoms with Crippen molar-refractivity contribution in [2.24, 2.45) is 0 Å². The van der Waals surface area contributed by atoms with Crippen molar-refractivity contribution in [2.75, 3.05) is 13.2 Å². The molecule has 0 aromatic rings. The molecule has 15 heavy (non-hydrogen) atoms. The Morgan fingerprint density at radius 1 is 0.867 bits per heavy atom. The Morgan fingerprint density at radius 3 is 1.53 bits per heavy atom. The smallest absolute Gasteiger partial charge is 0.311 e. The fourth-order valence-electron chi connectivity index (χ4n) is 0.631. The van der Waals surface area contributed by atoms with Gasteiger partial charge in [-0.2, -0.15) is 0 Å². The van der Waals surface area contributed by atoms with Crippen LogP contribution in [0.25, 0.3) is 0 Å². The summed E-state index contributed by atoms with van der Waals surface area (Å²) in [6, 6.07) is 0. The topological polar surface area (TPSA) is 78.9 Å². The summed E-state index contributed by atoms with van der Waals surface area (Å²) in [6.07, 6.45) is -1.04. The van der Waals surface area contributed by atoms with E-state index in [-0.39, 0.29) is 13.2 Å². The van der Waals surface area contributed by atoms with E-state index < -0.39 is 24.0 Å².